The van der Waals surface area contributed by atoms with Gasteiger partial charge in [-0.2, -0.15) is 0 Å². The Morgan fingerprint density at radius 2 is 2.00 bits per heavy atom. The molecule has 0 N–H and O–H groups in total. The maximum Gasteiger partial charge on any atom is 0.316 e. The van der Waals surface area contributed by atoms with E-state index in [2.05, 4.69) is 9.97 Å². The molecule has 0 aromatic carbocycles. The Hall–Kier alpha value is -0.910. The molecule has 0 amide bonds. The second-order valence-corrected chi connectivity index (χ2v) is 3.62. The fraction of sp³-hybridized carbons (Fsp3) is 0.636. The Kier molecular flexibility index (Phi) is 6.84. The van der Waals surface area contributed by atoms with E-state index >= 15 is 0 Å². The first-order chi connectivity index (χ1) is 8.27. The largest absolute Gasteiger partial charge is 0.461 e. The van der Waals surface area contributed by atoms with Gasteiger partial charge in [0, 0.05) is 24.6 Å². The Bertz CT molecular complexity index is 336. The number of ether oxygens (including phenoxy) is 3. The van der Waals surface area contributed by atoms with Gasteiger partial charge in [-0.05, 0) is 6.92 Å². The van der Waals surface area contributed by atoms with Crippen molar-refractivity contribution >= 4 is 11.6 Å². The molecular formula is C11H17ClN2O3. The maximum absolute atomic E-state index is 5.71. The highest BCUT2D eigenvalue weighted by Crippen LogP contribution is 2.10. The van der Waals surface area contributed by atoms with Crippen LogP contribution in [-0.4, -0.2) is 43.5 Å². The summed E-state index contributed by atoms with van der Waals surface area (Å²) < 4.78 is 15.4. The first kappa shape index (κ1) is 14.2. The lowest BCUT2D eigenvalue weighted by atomic mass is 10.3. The zero-order valence-electron chi connectivity index (χ0n) is 10.1. The summed E-state index contributed by atoms with van der Waals surface area (Å²) >= 11 is 5.71. The van der Waals surface area contributed by atoms with Gasteiger partial charge in [0.05, 0.1) is 25.7 Å². The summed E-state index contributed by atoms with van der Waals surface area (Å²) in [7, 11) is 1.63. The Morgan fingerprint density at radius 3 is 2.65 bits per heavy atom. The molecule has 0 unspecified atom stereocenters. The summed E-state index contributed by atoms with van der Waals surface area (Å²) in [5.74, 6) is 0.409. The normalized spacial score (nSPS) is 10.5. The van der Waals surface area contributed by atoms with E-state index in [9.17, 15) is 0 Å². The molecule has 0 spiro atoms. The van der Waals surface area contributed by atoms with Gasteiger partial charge in [-0.25, -0.2) is 9.97 Å². The molecule has 0 saturated carbocycles. The molecule has 0 bridgehead atoms. The van der Waals surface area contributed by atoms with Crippen LogP contribution in [0.3, 0.4) is 0 Å². The van der Waals surface area contributed by atoms with Gasteiger partial charge in [0.1, 0.15) is 6.61 Å². The minimum Gasteiger partial charge on any atom is -0.461 e. The molecule has 0 atom stereocenters. The molecule has 0 radical (unpaired) electrons. The van der Waals surface area contributed by atoms with Crippen LogP contribution in [0, 0.1) is 6.92 Å². The fourth-order valence-electron chi connectivity index (χ4n) is 1.11. The van der Waals surface area contributed by atoms with Crippen LogP contribution in [0.15, 0.2) is 6.20 Å². The van der Waals surface area contributed by atoms with Crippen molar-refractivity contribution in [2.45, 2.75) is 12.8 Å². The smallest absolute Gasteiger partial charge is 0.316 e. The van der Waals surface area contributed by atoms with E-state index in [1.165, 1.54) is 0 Å². The Labute approximate surface area is 106 Å². The number of halogens is 1. The molecule has 5 nitrogen and oxygen atoms in total. The monoisotopic (exact) mass is 260 g/mol. The Balaban J connectivity index is 2.25. The summed E-state index contributed by atoms with van der Waals surface area (Å²) in [6, 6.07) is 0.353. The van der Waals surface area contributed by atoms with Crippen LogP contribution >= 0.6 is 11.6 Å². The van der Waals surface area contributed by atoms with Gasteiger partial charge < -0.3 is 14.2 Å². The molecular weight excluding hydrogens is 244 g/mol. The van der Waals surface area contributed by atoms with Gasteiger partial charge in [0.25, 0.3) is 0 Å². The predicted octanol–water partition coefficient (Wildman–Crippen LogP) is 1.57. The van der Waals surface area contributed by atoms with Crippen LogP contribution in [0.5, 0.6) is 6.01 Å². The van der Waals surface area contributed by atoms with E-state index in [1.54, 1.807) is 13.3 Å². The van der Waals surface area contributed by atoms with Crippen molar-refractivity contribution in [3.8, 4) is 6.01 Å². The standard InChI is InChI=1S/C11H17ClN2O3/c1-9-10(7-12)8-13-11(14-9)17-6-5-16-4-3-15-2/h8H,3-7H2,1-2H3. The second-order valence-electron chi connectivity index (χ2n) is 3.35. The van der Waals surface area contributed by atoms with Gasteiger partial charge in [-0.1, -0.05) is 0 Å². The molecule has 1 aromatic heterocycles. The van der Waals surface area contributed by atoms with Gasteiger partial charge in [-0.15, -0.1) is 11.6 Å². The van der Waals surface area contributed by atoms with E-state index in [1.807, 2.05) is 6.92 Å². The van der Waals surface area contributed by atoms with Crippen LogP contribution in [0.25, 0.3) is 0 Å². The SMILES string of the molecule is COCCOCCOc1ncc(CCl)c(C)n1. The molecule has 1 heterocycles. The number of nitrogens with zero attached hydrogens (tertiary/aromatic N) is 2. The van der Waals surface area contributed by atoms with Gasteiger partial charge in [0.15, 0.2) is 0 Å². The van der Waals surface area contributed by atoms with Gasteiger partial charge in [0.2, 0.25) is 0 Å². The molecule has 1 aromatic rings. The van der Waals surface area contributed by atoms with Crippen LogP contribution in [0.2, 0.25) is 0 Å². The van der Waals surface area contributed by atoms with Crippen molar-refractivity contribution in [3.05, 3.63) is 17.5 Å². The van der Waals surface area contributed by atoms with Crippen molar-refractivity contribution in [1.29, 1.82) is 0 Å². The van der Waals surface area contributed by atoms with E-state index < -0.39 is 0 Å². The minimum absolute atomic E-state index is 0.353. The first-order valence-electron chi connectivity index (χ1n) is 5.36. The quantitative estimate of drug-likeness (QED) is 0.525. The molecule has 0 saturated heterocycles. The molecule has 0 fully saturated rings. The number of rotatable bonds is 8. The summed E-state index contributed by atoms with van der Waals surface area (Å²) in [5, 5.41) is 0. The summed E-state index contributed by atoms with van der Waals surface area (Å²) in [4.78, 5) is 8.23. The second kappa shape index (κ2) is 8.22. The molecule has 0 aliphatic carbocycles. The maximum atomic E-state index is 5.71. The molecule has 6 heteroatoms. The van der Waals surface area contributed by atoms with Crippen molar-refractivity contribution in [1.82, 2.24) is 9.97 Å². The van der Waals surface area contributed by atoms with E-state index in [-0.39, 0.29) is 0 Å². The highest BCUT2D eigenvalue weighted by molar-refractivity contribution is 6.17. The topological polar surface area (TPSA) is 53.5 Å². The molecule has 1 rings (SSSR count). The van der Waals surface area contributed by atoms with E-state index in [0.29, 0.717) is 38.3 Å². The van der Waals surface area contributed by atoms with Crippen LogP contribution in [-0.2, 0) is 15.4 Å². The minimum atomic E-state index is 0.353. The zero-order chi connectivity index (χ0) is 12.5. The molecule has 96 valence electrons. The van der Waals surface area contributed by atoms with Crippen LogP contribution < -0.4 is 4.74 Å². The van der Waals surface area contributed by atoms with Crippen molar-refractivity contribution in [2.75, 3.05) is 33.5 Å². The average molecular weight is 261 g/mol. The summed E-state index contributed by atoms with van der Waals surface area (Å²) in [6.07, 6.45) is 1.68. The molecule has 0 aliphatic heterocycles. The predicted molar refractivity (Wildman–Crippen MR) is 64.5 cm³/mol. The zero-order valence-corrected chi connectivity index (χ0v) is 10.9. The van der Waals surface area contributed by atoms with Crippen molar-refractivity contribution in [3.63, 3.8) is 0 Å². The summed E-state index contributed by atoms with van der Waals surface area (Å²) in [5.41, 5.74) is 1.75. The van der Waals surface area contributed by atoms with Crippen molar-refractivity contribution in [2.24, 2.45) is 0 Å². The summed E-state index contributed by atoms with van der Waals surface area (Å²) in [6.45, 7) is 3.93. The number of hydrogen-bond acceptors (Lipinski definition) is 5. The third-order valence-electron chi connectivity index (χ3n) is 2.09. The van der Waals surface area contributed by atoms with Crippen LogP contribution in [0.4, 0.5) is 0 Å². The average Bonchev–Trinajstić information content (AvgIpc) is 2.34. The van der Waals surface area contributed by atoms with Crippen molar-refractivity contribution < 1.29 is 14.2 Å². The first-order valence-corrected chi connectivity index (χ1v) is 5.89. The number of methoxy groups -OCH3 is 1. The highest BCUT2D eigenvalue weighted by Gasteiger charge is 2.02. The van der Waals surface area contributed by atoms with Gasteiger partial charge in [-0.3, -0.25) is 0 Å². The number of aryl methyl sites for hydroxylation is 1. The van der Waals surface area contributed by atoms with E-state index in [0.717, 1.165) is 11.3 Å². The number of hydrogen-bond donors (Lipinski definition) is 0. The lowest BCUT2D eigenvalue weighted by Gasteiger charge is -2.07. The number of aromatic nitrogens is 2. The highest BCUT2D eigenvalue weighted by atomic mass is 35.5. The van der Waals surface area contributed by atoms with E-state index in [4.69, 9.17) is 25.8 Å². The number of alkyl halides is 1. The van der Waals surface area contributed by atoms with Crippen LogP contribution in [0.1, 0.15) is 11.3 Å². The Morgan fingerprint density at radius 1 is 1.24 bits per heavy atom. The van der Waals surface area contributed by atoms with Gasteiger partial charge >= 0.3 is 6.01 Å². The molecule has 0 aliphatic rings. The lowest BCUT2D eigenvalue weighted by Crippen LogP contribution is -2.11. The molecule has 17 heavy (non-hydrogen) atoms. The lowest BCUT2D eigenvalue weighted by molar-refractivity contribution is 0.0528. The third-order valence-corrected chi connectivity index (χ3v) is 2.38. The fourth-order valence-corrected chi connectivity index (χ4v) is 1.37. The third kappa shape index (κ3) is 5.30.